The fraction of sp³-hybridized carbons (Fsp3) is 0.600. The first-order chi connectivity index (χ1) is 9.13. The highest BCUT2D eigenvalue weighted by atomic mass is 79.9. The highest BCUT2D eigenvalue weighted by Crippen LogP contribution is 2.35. The zero-order chi connectivity index (χ0) is 13.8. The third-order valence-corrected chi connectivity index (χ3v) is 4.29. The van der Waals surface area contributed by atoms with E-state index in [2.05, 4.69) is 46.3 Å². The summed E-state index contributed by atoms with van der Waals surface area (Å²) in [6.07, 6.45) is 3.81. The summed E-state index contributed by atoms with van der Waals surface area (Å²) in [6, 6.07) is 7.08. The molecule has 19 heavy (non-hydrogen) atoms. The van der Waals surface area contributed by atoms with E-state index >= 15 is 0 Å². The van der Waals surface area contributed by atoms with Crippen molar-refractivity contribution in [1.82, 2.24) is 10.2 Å². The minimum absolute atomic E-state index is 0.341. The van der Waals surface area contributed by atoms with E-state index in [0.717, 1.165) is 16.8 Å². The van der Waals surface area contributed by atoms with Crippen LogP contribution < -0.4 is 10.1 Å². The lowest BCUT2D eigenvalue weighted by Gasteiger charge is -2.36. The summed E-state index contributed by atoms with van der Waals surface area (Å²) in [5.74, 6) is 0.967. The van der Waals surface area contributed by atoms with Crippen LogP contribution in [-0.2, 0) is 0 Å². The number of likely N-dealkylation sites (N-methyl/N-ethyl adjacent to an activating group) is 1. The summed E-state index contributed by atoms with van der Waals surface area (Å²) < 4.78 is 6.65. The van der Waals surface area contributed by atoms with Crippen molar-refractivity contribution in [2.24, 2.45) is 0 Å². The zero-order valence-corrected chi connectivity index (χ0v) is 13.5. The van der Waals surface area contributed by atoms with Crippen molar-refractivity contribution in [2.75, 3.05) is 27.7 Å². The molecule has 0 aliphatic carbocycles. The number of hydrogen-bond donors (Lipinski definition) is 1. The van der Waals surface area contributed by atoms with Gasteiger partial charge in [0, 0.05) is 16.1 Å². The molecule has 0 aromatic heterocycles. The van der Waals surface area contributed by atoms with Gasteiger partial charge in [0.1, 0.15) is 5.75 Å². The number of benzene rings is 1. The summed E-state index contributed by atoms with van der Waals surface area (Å²) in [5, 5.41) is 3.66. The number of rotatable bonds is 4. The predicted molar refractivity (Wildman–Crippen MR) is 82.8 cm³/mol. The molecule has 0 radical (unpaired) electrons. The fourth-order valence-corrected chi connectivity index (χ4v) is 3.32. The maximum atomic E-state index is 5.55. The third-order valence-electron chi connectivity index (χ3n) is 3.80. The Bertz CT molecular complexity index is 417. The number of piperidine rings is 1. The number of nitrogens with zero attached hydrogens (tertiary/aromatic N) is 1. The van der Waals surface area contributed by atoms with Gasteiger partial charge in [-0.15, -0.1) is 0 Å². The number of halogens is 1. The van der Waals surface area contributed by atoms with Crippen LogP contribution in [0.2, 0.25) is 0 Å². The minimum atomic E-state index is 0.341. The Hall–Kier alpha value is -0.580. The van der Waals surface area contributed by atoms with Crippen LogP contribution in [0.5, 0.6) is 5.75 Å². The maximum Gasteiger partial charge on any atom is 0.123 e. The topological polar surface area (TPSA) is 24.5 Å². The van der Waals surface area contributed by atoms with Crippen LogP contribution in [0, 0.1) is 0 Å². The predicted octanol–water partition coefficient (Wildman–Crippen LogP) is 3.20. The van der Waals surface area contributed by atoms with E-state index in [-0.39, 0.29) is 0 Å². The highest BCUT2D eigenvalue weighted by Gasteiger charge is 2.28. The molecule has 1 saturated heterocycles. The molecule has 4 heteroatoms. The molecule has 0 spiro atoms. The molecule has 0 saturated carbocycles. The van der Waals surface area contributed by atoms with Gasteiger partial charge in [-0.05, 0) is 51.7 Å². The van der Waals surface area contributed by atoms with Gasteiger partial charge in [0.15, 0.2) is 0 Å². The van der Waals surface area contributed by atoms with Crippen molar-refractivity contribution >= 4 is 15.9 Å². The van der Waals surface area contributed by atoms with Crippen molar-refractivity contribution in [3.05, 3.63) is 28.2 Å². The van der Waals surface area contributed by atoms with E-state index in [9.17, 15) is 0 Å². The van der Waals surface area contributed by atoms with Gasteiger partial charge < -0.3 is 15.0 Å². The number of ether oxygens (including phenoxy) is 1. The Morgan fingerprint density at radius 2 is 2.16 bits per heavy atom. The van der Waals surface area contributed by atoms with Crippen LogP contribution in [-0.4, -0.2) is 38.7 Å². The third kappa shape index (κ3) is 3.50. The molecule has 1 aromatic carbocycles. The molecule has 1 heterocycles. The Morgan fingerprint density at radius 3 is 2.74 bits per heavy atom. The van der Waals surface area contributed by atoms with E-state index in [1.165, 1.54) is 24.8 Å². The van der Waals surface area contributed by atoms with Crippen molar-refractivity contribution < 1.29 is 4.74 Å². The monoisotopic (exact) mass is 326 g/mol. The van der Waals surface area contributed by atoms with E-state index in [4.69, 9.17) is 4.74 Å². The standard InChI is InChI=1S/C15H23BrN2O/c1-18(2)15(13-6-4-5-9-17-13)12-10-11(16)7-8-14(12)19-3/h7-8,10,13,15,17H,4-6,9H2,1-3H3. The maximum absolute atomic E-state index is 5.55. The number of hydrogen-bond acceptors (Lipinski definition) is 3. The van der Waals surface area contributed by atoms with Crippen molar-refractivity contribution in [2.45, 2.75) is 31.3 Å². The quantitative estimate of drug-likeness (QED) is 0.919. The second kappa shape index (κ2) is 6.73. The van der Waals surface area contributed by atoms with Crippen molar-refractivity contribution in [1.29, 1.82) is 0 Å². The Kier molecular flexibility index (Phi) is 5.25. The summed E-state index contributed by atoms with van der Waals surface area (Å²) in [7, 11) is 6.02. The van der Waals surface area contributed by atoms with Crippen LogP contribution in [0.25, 0.3) is 0 Å². The van der Waals surface area contributed by atoms with Gasteiger partial charge in [-0.2, -0.15) is 0 Å². The van der Waals surface area contributed by atoms with E-state index in [1.54, 1.807) is 7.11 Å². The van der Waals surface area contributed by atoms with E-state index in [1.807, 2.05) is 12.1 Å². The van der Waals surface area contributed by atoms with Crippen LogP contribution in [0.15, 0.2) is 22.7 Å². The first kappa shape index (κ1) is 14.8. The van der Waals surface area contributed by atoms with Gasteiger partial charge in [-0.3, -0.25) is 0 Å². The normalized spacial score (nSPS) is 21.4. The lowest BCUT2D eigenvalue weighted by Crippen LogP contribution is -2.44. The number of nitrogens with one attached hydrogen (secondary N) is 1. The van der Waals surface area contributed by atoms with E-state index in [0.29, 0.717) is 12.1 Å². The van der Waals surface area contributed by atoms with Crippen LogP contribution in [0.3, 0.4) is 0 Å². The molecule has 2 unspecified atom stereocenters. The molecule has 3 nitrogen and oxygen atoms in total. The average molecular weight is 327 g/mol. The fourth-order valence-electron chi connectivity index (χ4n) is 2.94. The second-order valence-electron chi connectivity index (χ2n) is 5.35. The molecule has 1 aliphatic rings. The molecule has 1 aromatic rings. The van der Waals surface area contributed by atoms with Crippen LogP contribution in [0.1, 0.15) is 30.9 Å². The molecule has 1 aliphatic heterocycles. The minimum Gasteiger partial charge on any atom is -0.496 e. The van der Waals surface area contributed by atoms with Gasteiger partial charge in [0.2, 0.25) is 0 Å². The molecule has 1 fully saturated rings. The summed E-state index contributed by atoms with van der Waals surface area (Å²) in [5.41, 5.74) is 1.25. The van der Waals surface area contributed by atoms with Crippen LogP contribution >= 0.6 is 15.9 Å². The molecule has 0 amide bonds. The summed E-state index contributed by atoms with van der Waals surface area (Å²) in [6.45, 7) is 1.12. The van der Waals surface area contributed by atoms with Crippen molar-refractivity contribution in [3.8, 4) is 5.75 Å². The molecule has 106 valence electrons. The largest absolute Gasteiger partial charge is 0.496 e. The first-order valence-electron chi connectivity index (χ1n) is 6.86. The first-order valence-corrected chi connectivity index (χ1v) is 7.66. The Labute approximate surface area is 124 Å². The van der Waals surface area contributed by atoms with Gasteiger partial charge in [0.05, 0.1) is 13.2 Å². The Balaban J connectivity index is 2.34. The van der Waals surface area contributed by atoms with E-state index < -0.39 is 0 Å². The average Bonchev–Trinajstić information content (AvgIpc) is 2.40. The highest BCUT2D eigenvalue weighted by molar-refractivity contribution is 9.10. The van der Waals surface area contributed by atoms with Crippen LogP contribution in [0.4, 0.5) is 0 Å². The van der Waals surface area contributed by atoms with Crippen molar-refractivity contribution in [3.63, 3.8) is 0 Å². The molecule has 2 rings (SSSR count). The SMILES string of the molecule is COc1ccc(Br)cc1C(C1CCCCN1)N(C)C. The number of methoxy groups -OCH3 is 1. The lowest BCUT2D eigenvalue weighted by molar-refractivity contribution is 0.200. The molecular weight excluding hydrogens is 304 g/mol. The zero-order valence-electron chi connectivity index (χ0n) is 11.9. The van der Waals surface area contributed by atoms with Gasteiger partial charge in [0.25, 0.3) is 0 Å². The smallest absolute Gasteiger partial charge is 0.123 e. The molecule has 2 atom stereocenters. The molecule has 0 bridgehead atoms. The van der Waals surface area contributed by atoms with Gasteiger partial charge in [-0.25, -0.2) is 0 Å². The van der Waals surface area contributed by atoms with Gasteiger partial charge in [-0.1, -0.05) is 22.4 Å². The summed E-state index contributed by atoms with van der Waals surface area (Å²) in [4.78, 5) is 2.28. The lowest BCUT2D eigenvalue weighted by atomic mass is 9.91. The summed E-state index contributed by atoms with van der Waals surface area (Å²) >= 11 is 3.57. The molecular formula is C15H23BrN2O. The van der Waals surface area contributed by atoms with Gasteiger partial charge >= 0.3 is 0 Å². The molecule has 1 N–H and O–H groups in total. The second-order valence-corrected chi connectivity index (χ2v) is 6.27. The Morgan fingerprint density at radius 1 is 1.37 bits per heavy atom.